The van der Waals surface area contributed by atoms with Crippen LogP contribution in [0.2, 0.25) is 0 Å². The first-order chi connectivity index (χ1) is 16.3. The Hall–Kier alpha value is -4.04. The molecule has 0 spiro atoms. The van der Waals surface area contributed by atoms with Crippen LogP contribution in [-0.4, -0.2) is 6.04 Å². The Kier molecular flexibility index (Phi) is 6.08. The number of benzene rings is 4. The van der Waals surface area contributed by atoms with Crippen molar-refractivity contribution in [2.75, 3.05) is 9.80 Å². The summed E-state index contributed by atoms with van der Waals surface area (Å²) in [4.78, 5) is 4.84. The Labute approximate surface area is 196 Å². The van der Waals surface area contributed by atoms with Crippen molar-refractivity contribution in [3.8, 4) is 0 Å². The second-order valence-corrected chi connectivity index (χ2v) is 8.37. The Morgan fingerprint density at radius 3 is 1.36 bits per heavy atom. The summed E-state index contributed by atoms with van der Waals surface area (Å²) in [6.07, 6.45) is 5.60. The van der Waals surface area contributed by atoms with Crippen molar-refractivity contribution >= 4 is 22.7 Å². The van der Waals surface area contributed by atoms with Gasteiger partial charge in [-0.3, -0.25) is 0 Å². The van der Waals surface area contributed by atoms with Crippen LogP contribution in [0, 0.1) is 0 Å². The number of rotatable bonds is 6. The van der Waals surface area contributed by atoms with Gasteiger partial charge in [0.1, 0.15) is 0 Å². The lowest BCUT2D eigenvalue weighted by molar-refractivity contribution is 0.738. The minimum absolute atomic E-state index is 0.199. The zero-order valence-electron chi connectivity index (χ0n) is 18.9. The smallest absolute Gasteiger partial charge is 0.0582 e. The van der Waals surface area contributed by atoms with Gasteiger partial charge in [-0.25, -0.2) is 0 Å². The molecule has 4 aromatic carbocycles. The normalized spacial score (nSPS) is 15.4. The van der Waals surface area contributed by atoms with Crippen molar-refractivity contribution in [1.82, 2.24) is 0 Å². The third kappa shape index (κ3) is 4.61. The van der Waals surface area contributed by atoms with Crippen molar-refractivity contribution in [1.29, 1.82) is 0 Å². The lowest BCUT2D eigenvalue weighted by atomic mass is 9.96. The molecule has 0 aromatic heterocycles. The Balaban J connectivity index is 1.57. The lowest BCUT2D eigenvalue weighted by Gasteiger charge is -2.38. The summed E-state index contributed by atoms with van der Waals surface area (Å²) in [7, 11) is 0. The van der Waals surface area contributed by atoms with Crippen LogP contribution in [0.5, 0.6) is 0 Å². The first kappa shape index (κ1) is 20.8. The van der Waals surface area contributed by atoms with E-state index in [9.17, 15) is 0 Å². The van der Waals surface area contributed by atoms with Gasteiger partial charge in [-0.15, -0.1) is 0 Å². The van der Waals surface area contributed by atoms with Gasteiger partial charge in [0, 0.05) is 34.9 Å². The molecule has 0 N–H and O–H groups in total. The molecular formula is C31H28N2. The highest BCUT2D eigenvalue weighted by Gasteiger charge is 2.26. The third-order valence-corrected chi connectivity index (χ3v) is 5.98. The van der Waals surface area contributed by atoms with E-state index >= 15 is 0 Å². The quantitative estimate of drug-likeness (QED) is 0.305. The molecule has 1 atom stereocenters. The van der Waals surface area contributed by atoms with Crippen molar-refractivity contribution in [2.45, 2.75) is 19.4 Å². The van der Waals surface area contributed by atoms with Gasteiger partial charge in [-0.1, -0.05) is 84.4 Å². The Morgan fingerprint density at radius 2 is 0.939 bits per heavy atom. The summed E-state index contributed by atoms with van der Waals surface area (Å²) in [6.45, 7) is 2.20. The fraction of sp³-hybridized carbons (Fsp3) is 0.0968. The molecule has 5 rings (SSSR count). The van der Waals surface area contributed by atoms with E-state index in [1.54, 1.807) is 0 Å². The molecule has 1 aliphatic rings. The second kappa shape index (κ2) is 9.62. The first-order valence-corrected chi connectivity index (χ1v) is 11.5. The van der Waals surface area contributed by atoms with Crippen LogP contribution < -0.4 is 9.80 Å². The maximum atomic E-state index is 2.45. The minimum atomic E-state index is 0.199. The first-order valence-electron chi connectivity index (χ1n) is 11.5. The number of hydrogen-bond donors (Lipinski definition) is 0. The van der Waals surface area contributed by atoms with Crippen LogP contribution in [0.1, 0.15) is 13.3 Å². The number of nitrogens with zero attached hydrogens (tertiary/aromatic N) is 2. The van der Waals surface area contributed by atoms with Crippen molar-refractivity contribution in [3.63, 3.8) is 0 Å². The molecule has 0 amide bonds. The van der Waals surface area contributed by atoms with E-state index in [1.165, 1.54) is 34.0 Å². The van der Waals surface area contributed by atoms with Crippen LogP contribution in [0.15, 0.2) is 145 Å². The molecule has 1 unspecified atom stereocenters. The predicted octanol–water partition coefficient (Wildman–Crippen LogP) is 8.27. The van der Waals surface area contributed by atoms with E-state index in [0.717, 1.165) is 6.42 Å². The summed E-state index contributed by atoms with van der Waals surface area (Å²) in [6, 6.07) is 42.9. The van der Waals surface area contributed by atoms with Gasteiger partial charge in [0.05, 0.1) is 6.04 Å². The fourth-order valence-electron chi connectivity index (χ4n) is 4.61. The van der Waals surface area contributed by atoms with Crippen molar-refractivity contribution < 1.29 is 0 Å². The molecule has 0 saturated heterocycles. The highest BCUT2D eigenvalue weighted by Crippen LogP contribution is 2.38. The second-order valence-electron chi connectivity index (χ2n) is 8.37. The number of allylic oxidation sites excluding steroid dienone is 2. The standard InChI is InChI=1S/C31H28N2/c1-25-22-30(32(26-14-6-2-7-15-26)27-16-8-3-9-17-27)24-31(23-25)33(28-18-10-4-11-19-28)29-20-12-5-13-21-29/h2-23,30H,24H2,1H3. The van der Waals surface area contributed by atoms with Crippen LogP contribution in [0.3, 0.4) is 0 Å². The van der Waals surface area contributed by atoms with E-state index in [1.807, 2.05) is 0 Å². The predicted molar refractivity (Wildman–Crippen MR) is 140 cm³/mol. The average molecular weight is 429 g/mol. The highest BCUT2D eigenvalue weighted by molar-refractivity contribution is 5.71. The topological polar surface area (TPSA) is 6.48 Å². The van der Waals surface area contributed by atoms with E-state index in [-0.39, 0.29) is 6.04 Å². The maximum Gasteiger partial charge on any atom is 0.0582 e. The molecule has 0 saturated carbocycles. The summed E-state index contributed by atoms with van der Waals surface area (Å²) in [5.74, 6) is 0. The molecule has 0 radical (unpaired) electrons. The molecule has 0 bridgehead atoms. The van der Waals surface area contributed by atoms with Crippen LogP contribution in [0.25, 0.3) is 0 Å². The monoisotopic (exact) mass is 428 g/mol. The lowest BCUT2D eigenvalue weighted by Crippen LogP contribution is -2.34. The van der Waals surface area contributed by atoms with E-state index in [0.29, 0.717) is 0 Å². The number of hydrogen-bond acceptors (Lipinski definition) is 2. The Morgan fingerprint density at radius 1 is 0.545 bits per heavy atom. The van der Waals surface area contributed by atoms with E-state index in [2.05, 4.69) is 150 Å². The summed E-state index contributed by atoms with van der Waals surface area (Å²) >= 11 is 0. The van der Waals surface area contributed by atoms with Gasteiger partial charge in [0.2, 0.25) is 0 Å². The largest absolute Gasteiger partial charge is 0.334 e. The summed E-state index contributed by atoms with van der Waals surface area (Å²) < 4.78 is 0. The van der Waals surface area contributed by atoms with Gasteiger partial charge in [0.15, 0.2) is 0 Å². The molecule has 1 aliphatic carbocycles. The number of para-hydroxylation sites is 4. The number of anilines is 4. The van der Waals surface area contributed by atoms with Crippen LogP contribution in [-0.2, 0) is 0 Å². The Bertz CT molecular complexity index is 1150. The van der Waals surface area contributed by atoms with Crippen LogP contribution in [0.4, 0.5) is 22.7 Å². The third-order valence-electron chi connectivity index (χ3n) is 5.98. The molecular weight excluding hydrogens is 400 g/mol. The minimum Gasteiger partial charge on any atom is -0.334 e. The zero-order valence-corrected chi connectivity index (χ0v) is 18.9. The van der Waals surface area contributed by atoms with Crippen molar-refractivity contribution in [3.05, 3.63) is 145 Å². The SMILES string of the molecule is CC1=CC(N(c2ccccc2)c2ccccc2)CC(N(c2ccccc2)c2ccccc2)=C1. The molecule has 2 nitrogen and oxygen atoms in total. The summed E-state index contributed by atoms with van der Waals surface area (Å²) in [5.41, 5.74) is 7.31. The van der Waals surface area contributed by atoms with Gasteiger partial charge in [0.25, 0.3) is 0 Å². The fourth-order valence-corrected chi connectivity index (χ4v) is 4.61. The van der Waals surface area contributed by atoms with Gasteiger partial charge >= 0.3 is 0 Å². The zero-order chi connectivity index (χ0) is 22.5. The van der Waals surface area contributed by atoms with Crippen LogP contribution >= 0.6 is 0 Å². The van der Waals surface area contributed by atoms with Gasteiger partial charge in [-0.2, -0.15) is 0 Å². The molecule has 2 heteroatoms. The molecule has 33 heavy (non-hydrogen) atoms. The highest BCUT2D eigenvalue weighted by atomic mass is 15.2. The molecule has 4 aromatic rings. The van der Waals surface area contributed by atoms with Gasteiger partial charge < -0.3 is 9.80 Å². The van der Waals surface area contributed by atoms with E-state index in [4.69, 9.17) is 0 Å². The summed E-state index contributed by atoms with van der Waals surface area (Å²) in [5, 5.41) is 0. The van der Waals surface area contributed by atoms with Crippen molar-refractivity contribution in [2.24, 2.45) is 0 Å². The van der Waals surface area contributed by atoms with E-state index < -0.39 is 0 Å². The molecule has 162 valence electrons. The molecule has 0 heterocycles. The molecule has 0 fully saturated rings. The van der Waals surface area contributed by atoms with Gasteiger partial charge in [-0.05, 0) is 61.5 Å². The average Bonchev–Trinajstić information content (AvgIpc) is 2.87. The molecule has 0 aliphatic heterocycles. The maximum absolute atomic E-state index is 2.45.